The fourth-order valence-electron chi connectivity index (χ4n) is 3.04. The third-order valence-corrected chi connectivity index (χ3v) is 6.48. The van der Waals surface area contributed by atoms with Gasteiger partial charge in [0.05, 0.1) is 4.90 Å². The molecular weight excluding hydrogens is 363 g/mol. The molecule has 2 aromatic carbocycles. The van der Waals surface area contributed by atoms with Crippen LogP contribution in [0.4, 0.5) is 4.39 Å². The number of nitrogens with one attached hydrogen (secondary N) is 1. The Balaban J connectivity index is 1.79. The van der Waals surface area contributed by atoms with Gasteiger partial charge in [-0.25, -0.2) is 12.8 Å². The lowest BCUT2D eigenvalue weighted by atomic mass is 9.99. The average molecular weight is 383 g/mol. The molecule has 7 heteroatoms. The molecule has 1 aliphatic heterocycles. The molecule has 2 aromatic rings. The first kappa shape index (κ1) is 18.3. The SMILES string of the molecule is O=S(=O)(c1ccc(Cl)cc1)N1CCNCC(Cc2ccccc2F)C1. The summed E-state index contributed by atoms with van der Waals surface area (Å²) in [6.45, 7) is 1.96. The van der Waals surface area contributed by atoms with Crippen molar-refractivity contribution in [1.29, 1.82) is 0 Å². The highest BCUT2D eigenvalue weighted by molar-refractivity contribution is 7.89. The third kappa shape index (κ3) is 4.39. The first-order valence-corrected chi connectivity index (χ1v) is 9.98. The summed E-state index contributed by atoms with van der Waals surface area (Å²) in [6.07, 6.45) is 0.492. The predicted octanol–water partition coefficient (Wildman–Crippen LogP) is 2.93. The van der Waals surface area contributed by atoms with Gasteiger partial charge in [-0.1, -0.05) is 29.8 Å². The zero-order chi connectivity index (χ0) is 17.9. The zero-order valence-electron chi connectivity index (χ0n) is 13.7. The maximum Gasteiger partial charge on any atom is 0.243 e. The third-order valence-electron chi connectivity index (χ3n) is 4.35. The molecular formula is C18H20ClFN2O2S. The van der Waals surface area contributed by atoms with Crippen LogP contribution in [-0.2, 0) is 16.4 Å². The van der Waals surface area contributed by atoms with E-state index in [1.807, 2.05) is 0 Å². The fourth-order valence-corrected chi connectivity index (χ4v) is 4.68. The van der Waals surface area contributed by atoms with E-state index >= 15 is 0 Å². The molecule has 4 nitrogen and oxygen atoms in total. The summed E-state index contributed by atoms with van der Waals surface area (Å²) in [5.74, 6) is -0.250. The molecule has 0 amide bonds. The Kier molecular flexibility index (Phi) is 5.74. The molecule has 0 saturated carbocycles. The van der Waals surface area contributed by atoms with Gasteiger partial charge >= 0.3 is 0 Å². The molecule has 134 valence electrons. The molecule has 0 bridgehead atoms. The highest BCUT2D eigenvalue weighted by atomic mass is 35.5. The van der Waals surface area contributed by atoms with Gasteiger partial charge in [-0.3, -0.25) is 0 Å². The van der Waals surface area contributed by atoms with Crippen LogP contribution in [0.1, 0.15) is 5.56 Å². The van der Waals surface area contributed by atoms with Gasteiger partial charge in [0.15, 0.2) is 0 Å². The van der Waals surface area contributed by atoms with Gasteiger partial charge in [-0.15, -0.1) is 0 Å². The smallest absolute Gasteiger partial charge is 0.243 e. The minimum Gasteiger partial charge on any atom is -0.315 e. The molecule has 0 aromatic heterocycles. The Labute approximate surface area is 152 Å². The molecule has 1 fully saturated rings. The molecule has 1 N–H and O–H groups in total. The lowest BCUT2D eigenvalue weighted by Crippen LogP contribution is -2.36. The van der Waals surface area contributed by atoms with Crippen LogP contribution in [0.25, 0.3) is 0 Å². The van der Waals surface area contributed by atoms with E-state index in [2.05, 4.69) is 5.32 Å². The minimum absolute atomic E-state index is 0.00137. The predicted molar refractivity (Wildman–Crippen MR) is 96.7 cm³/mol. The monoisotopic (exact) mass is 382 g/mol. The van der Waals surface area contributed by atoms with Gasteiger partial charge in [0.25, 0.3) is 0 Å². The average Bonchev–Trinajstić information content (AvgIpc) is 2.83. The molecule has 1 atom stereocenters. The van der Waals surface area contributed by atoms with Crippen molar-refractivity contribution >= 4 is 21.6 Å². The second kappa shape index (κ2) is 7.83. The van der Waals surface area contributed by atoms with Crippen molar-refractivity contribution in [2.24, 2.45) is 5.92 Å². The van der Waals surface area contributed by atoms with E-state index in [9.17, 15) is 12.8 Å². The van der Waals surface area contributed by atoms with Crippen LogP contribution in [-0.4, -0.2) is 38.9 Å². The molecule has 3 rings (SSSR count). The number of nitrogens with zero attached hydrogens (tertiary/aromatic N) is 1. The fraction of sp³-hybridized carbons (Fsp3) is 0.333. The summed E-state index contributed by atoms with van der Waals surface area (Å²) < 4.78 is 41.2. The summed E-state index contributed by atoms with van der Waals surface area (Å²) >= 11 is 5.85. The van der Waals surface area contributed by atoms with Crippen molar-refractivity contribution in [2.45, 2.75) is 11.3 Å². The Hall–Kier alpha value is -1.47. The van der Waals surface area contributed by atoms with Crippen LogP contribution in [0.2, 0.25) is 5.02 Å². The number of benzene rings is 2. The quantitative estimate of drug-likeness (QED) is 0.884. The lowest BCUT2D eigenvalue weighted by Gasteiger charge is -2.23. The van der Waals surface area contributed by atoms with E-state index < -0.39 is 10.0 Å². The Morgan fingerprint density at radius 2 is 1.88 bits per heavy atom. The van der Waals surface area contributed by atoms with Crippen LogP contribution >= 0.6 is 11.6 Å². The zero-order valence-corrected chi connectivity index (χ0v) is 15.2. The number of hydrogen-bond acceptors (Lipinski definition) is 3. The first-order valence-electron chi connectivity index (χ1n) is 8.16. The van der Waals surface area contributed by atoms with Gasteiger partial charge in [0, 0.05) is 24.7 Å². The normalized spacial score (nSPS) is 19.5. The van der Waals surface area contributed by atoms with Crippen molar-refractivity contribution in [2.75, 3.05) is 26.2 Å². The van der Waals surface area contributed by atoms with Crippen molar-refractivity contribution in [3.8, 4) is 0 Å². The van der Waals surface area contributed by atoms with Gasteiger partial charge in [0.2, 0.25) is 10.0 Å². The van der Waals surface area contributed by atoms with Crippen LogP contribution in [0.5, 0.6) is 0 Å². The molecule has 1 saturated heterocycles. The second-order valence-electron chi connectivity index (χ2n) is 6.18. The maximum atomic E-state index is 13.9. The van der Waals surface area contributed by atoms with Gasteiger partial charge in [-0.2, -0.15) is 4.31 Å². The Morgan fingerprint density at radius 3 is 2.60 bits per heavy atom. The van der Waals surface area contributed by atoms with Gasteiger partial charge in [-0.05, 0) is 54.8 Å². The van der Waals surface area contributed by atoms with Gasteiger partial charge in [0.1, 0.15) is 5.82 Å². The molecule has 0 aliphatic carbocycles. The van der Waals surface area contributed by atoms with E-state index in [0.717, 1.165) is 0 Å². The van der Waals surface area contributed by atoms with Crippen LogP contribution < -0.4 is 5.32 Å². The number of halogens is 2. The Bertz CT molecular complexity index is 827. The van der Waals surface area contributed by atoms with Crippen molar-refractivity contribution in [1.82, 2.24) is 9.62 Å². The molecule has 25 heavy (non-hydrogen) atoms. The second-order valence-corrected chi connectivity index (χ2v) is 8.56. The Morgan fingerprint density at radius 1 is 1.16 bits per heavy atom. The van der Waals surface area contributed by atoms with Crippen molar-refractivity contribution < 1.29 is 12.8 Å². The molecule has 1 aliphatic rings. The van der Waals surface area contributed by atoms with Gasteiger partial charge < -0.3 is 5.32 Å². The largest absolute Gasteiger partial charge is 0.315 e. The number of sulfonamides is 1. The first-order chi connectivity index (χ1) is 12.0. The highest BCUT2D eigenvalue weighted by Gasteiger charge is 2.29. The molecule has 1 unspecified atom stereocenters. The minimum atomic E-state index is -3.60. The van der Waals surface area contributed by atoms with Crippen LogP contribution in [0, 0.1) is 11.7 Å². The standard InChI is InChI=1S/C18H20ClFN2O2S/c19-16-5-7-17(8-6-16)25(23,24)22-10-9-21-12-14(13-22)11-15-3-1-2-4-18(15)20/h1-8,14,21H,9-13H2. The molecule has 0 radical (unpaired) electrons. The van der Waals surface area contributed by atoms with Crippen molar-refractivity contribution in [3.05, 3.63) is 64.9 Å². The van der Waals surface area contributed by atoms with E-state index in [1.54, 1.807) is 30.3 Å². The summed E-state index contributed by atoms with van der Waals surface area (Å²) in [5.41, 5.74) is 0.611. The topological polar surface area (TPSA) is 49.4 Å². The highest BCUT2D eigenvalue weighted by Crippen LogP contribution is 2.22. The summed E-state index contributed by atoms with van der Waals surface area (Å²) in [7, 11) is -3.60. The molecule has 1 heterocycles. The van der Waals surface area contributed by atoms with E-state index in [0.29, 0.717) is 43.2 Å². The van der Waals surface area contributed by atoms with Crippen LogP contribution in [0.15, 0.2) is 53.4 Å². The van der Waals surface area contributed by atoms with Crippen molar-refractivity contribution in [3.63, 3.8) is 0 Å². The summed E-state index contributed by atoms with van der Waals surface area (Å²) in [5, 5.41) is 3.74. The number of hydrogen-bond donors (Lipinski definition) is 1. The maximum absolute atomic E-state index is 13.9. The summed E-state index contributed by atoms with van der Waals surface area (Å²) in [6, 6.07) is 12.8. The van der Waals surface area contributed by atoms with E-state index in [1.165, 1.54) is 22.5 Å². The van der Waals surface area contributed by atoms with E-state index in [-0.39, 0.29) is 16.6 Å². The molecule has 0 spiro atoms. The van der Waals surface area contributed by atoms with Crippen LogP contribution in [0.3, 0.4) is 0 Å². The van der Waals surface area contributed by atoms with E-state index in [4.69, 9.17) is 11.6 Å². The summed E-state index contributed by atoms with van der Waals surface area (Å²) in [4.78, 5) is 0.225. The lowest BCUT2D eigenvalue weighted by molar-refractivity contribution is 0.373. The number of rotatable bonds is 4.